The number of ether oxygens (including phenoxy) is 2. The van der Waals surface area contributed by atoms with Crippen molar-refractivity contribution in [2.45, 2.75) is 47.1 Å². The van der Waals surface area contributed by atoms with Crippen molar-refractivity contribution in [3.05, 3.63) is 74.1 Å². The van der Waals surface area contributed by atoms with Crippen LogP contribution in [0.15, 0.2) is 45.6 Å². The van der Waals surface area contributed by atoms with Gasteiger partial charge < -0.3 is 13.9 Å². The molecule has 0 radical (unpaired) electrons. The Hall–Kier alpha value is -3.72. The third-order valence-corrected chi connectivity index (χ3v) is 7.10. The Morgan fingerprint density at radius 1 is 1.03 bits per heavy atom. The number of rotatable bonds is 8. The van der Waals surface area contributed by atoms with Crippen molar-refractivity contribution >= 4 is 33.3 Å². The molecule has 37 heavy (non-hydrogen) atoms. The average molecular weight is 520 g/mol. The molecule has 2 aromatic heterocycles. The lowest BCUT2D eigenvalue weighted by Gasteiger charge is -2.23. The summed E-state index contributed by atoms with van der Waals surface area (Å²) in [5, 5.41) is 10.4. The highest BCUT2D eigenvalue weighted by atomic mass is 32.1. The molecule has 1 amide bonds. The number of benzene rings is 2. The summed E-state index contributed by atoms with van der Waals surface area (Å²) in [5.74, 6) is 1.14. The number of hydrogen-bond donors (Lipinski definition) is 0. The number of carbonyl (C=O) groups is 1. The molecule has 0 saturated carbocycles. The molecule has 0 bridgehead atoms. The van der Waals surface area contributed by atoms with E-state index in [-0.39, 0.29) is 16.8 Å². The van der Waals surface area contributed by atoms with Crippen LogP contribution in [0.5, 0.6) is 11.5 Å². The molecule has 1 unspecified atom stereocenters. The molecule has 9 heteroatoms. The van der Waals surface area contributed by atoms with E-state index in [9.17, 15) is 9.59 Å². The maximum Gasteiger partial charge on any atom is 0.297 e. The van der Waals surface area contributed by atoms with Crippen LogP contribution < -0.4 is 19.8 Å². The van der Waals surface area contributed by atoms with Gasteiger partial charge in [0.15, 0.2) is 16.9 Å². The largest absolute Gasteiger partial charge is 0.490 e. The van der Waals surface area contributed by atoms with E-state index in [0.29, 0.717) is 52.3 Å². The second-order valence-electron chi connectivity index (χ2n) is 9.40. The van der Waals surface area contributed by atoms with Gasteiger partial charge in [-0.05, 0) is 56.5 Å². The smallest absolute Gasteiger partial charge is 0.297 e. The van der Waals surface area contributed by atoms with Gasteiger partial charge in [0.1, 0.15) is 10.6 Å². The van der Waals surface area contributed by atoms with Crippen molar-refractivity contribution < 1.29 is 18.7 Å². The molecule has 1 aliphatic rings. The number of aryl methyl sites for hydroxylation is 1. The molecule has 8 nitrogen and oxygen atoms in total. The van der Waals surface area contributed by atoms with Crippen LogP contribution in [-0.4, -0.2) is 29.3 Å². The van der Waals surface area contributed by atoms with E-state index in [1.807, 2.05) is 45.0 Å². The van der Waals surface area contributed by atoms with E-state index in [0.717, 1.165) is 17.0 Å². The summed E-state index contributed by atoms with van der Waals surface area (Å²) in [7, 11) is 0. The average Bonchev–Trinajstić information content (AvgIpc) is 3.42. The molecule has 1 aliphatic heterocycles. The van der Waals surface area contributed by atoms with E-state index < -0.39 is 11.9 Å². The fraction of sp³-hybridized carbons (Fsp3) is 0.357. The lowest BCUT2D eigenvalue weighted by Crippen LogP contribution is -2.29. The number of fused-ring (bicyclic) bond motifs is 2. The van der Waals surface area contributed by atoms with Gasteiger partial charge in [0.05, 0.1) is 30.2 Å². The lowest BCUT2D eigenvalue weighted by molar-refractivity contribution is 0.0970. The van der Waals surface area contributed by atoms with Gasteiger partial charge in [-0.15, -0.1) is 10.2 Å². The number of nitrogens with zero attached hydrogens (tertiary/aromatic N) is 3. The topological polar surface area (TPSA) is 94.8 Å². The van der Waals surface area contributed by atoms with E-state index in [2.05, 4.69) is 24.0 Å². The first-order valence-electron chi connectivity index (χ1n) is 12.4. The Kier molecular flexibility index (Phi) is 6.72. The second-order valence-corrected chi connectivity index (χ2v) is 10.4. The highest BCUT2D eigenvalue weighted by molar-refractivity contribution is 7.15. The zero-order valence-electron chi connectivity index (χ0n) is 21.5. The highest BCUT2D eigenvalue weighted by Gasteiger charge is 2.45. The number of hydrogen-bond acceptors (Lipinski definition) is 8. The van der Waals surface area contributed by atoms with Crippen molar-refractivity contribution in [2.24, 2.45) is 5.92 Å². The molecule has 192 valence electrons. The van der Waals surface area contributed by atoms with E-state index in [1.54, 1.807) is 12.1 Å². The van der Waals surface area contributed by atoms with Crippen molar-refractivity contribution in [2.75, 3.05) is 18.1 Å². The Morgan fingerprint density at radius 3 is 2.51 bits per heavy atom. The Bertz CT molecular complexity index is 1540. The third-order valence-electron chi connectivity index (χ3n) is 6.15. The first-order valence-corrected chi connectivity index (χ1v) is 13.3. The van der Waals surface area contributed by atoms with Crippen LogP contribution in [0.25, 0.3) is 11.0 Å². The number of carbonyl (C=O) groups excluding carboxylic acids is 1. The van der Waals surface area contributed by atoms with Gasteiger partial charge in [-0.1, -0.05) is 42.9 Å². The summed E-state index contributed by atoms with van der Waals surface area (Å²) >= 11 is 1.35. The molecule has 0 saturated heterocycles. The highest BCUT2D eigenvalue weighted by Crippen LogP contribution is 2.44. The van der Waals surface area contributed by atoms with Crippen molar-refractivity contribution in [1.29, 1.82) is 0 Å². The standard InChI is InChI=1S/C28H29N3O5S/c1-6-34-20-11-9-17(14-21(20)35-7-2)24-23-25(32)18-13-16(5)8-10-19(18)36-26(23)27(33)31(24)28-30-29-22(37-28)12-15(3)4/h8-11,13-15,24H,6-7,12H2,1-5H3. The molecule has 5 rings (SSSR count). The van der Waals surface area contributed by atoms with Crippen LogP contribution in [0.2, 0.25) is 0 Å². The SMILES string of the molecule is CCOc1ccc(C2c3c(oc4ccc(C)cc4c3=O)C(=O)N2c2nnc(CC(C)C)s2)cc1OCC. The Morgan fingerprint density at radius 2 is 1.78 bits per heavy atom. The monoisotopic (exact) mass is 519 g/mol. The Balaban J connectivity index is 1.73. The summed E-state index contributed by atoms with van der Waals surface area (Å²) in [5.41, 5.74) is 2.05. The van der Waals surface area contributed by atoms with E-state index in [4.69, 9.17) is 13.9 Å². The van der Waals surface area contributed by atoms with Crippen molar-refractivity contribution in [3.8, 4) is 11.5 Å². The molecule has 4 aromatic rings. The predicted octanol–water partition coefficient (Wildman–Crippen LogP) is 5.70. The number of amides is 1. The second kappa shape index (κ2) is 9.97. The zero-order chi connectivity index (χ0) is 26.3. The molecule has 0 aliphatic carbocycles. The van der Waals surface area contributed by atoms with Crippen molar-refractivity contribution in [1.82, 2.24) is 10.2 Å². The summed E-state index contributed by atoms with van der Waals surface area (Å²) < 4.78 is 17.7. The molecule has 3 heterocycles. The lowest BCUT2D eigenvalue weighted by atomic mass is 9.98. The maximum atomic E-state index is 13.9. The number of anilines is 1. The molecule has 0 spiro atoms. The van der Waals surface area contributed by atoms with Crippen LogP contribution in [0.4, 0.5) is 5.13 Å². The van der Waals surface area contributed by atoms with Gasteiger partial charge in [0.25, 0.3) is 5.91 Å². The minimum atomic E-state index is -0.751. The first-order chi connectivity index (χ1) is 17.8. The fourth-order valence-corrected chi connectivity index (χ4v) is 5.69. The van der Waals surface area contributed by atoms with Gasteiger partial charge in [0, 0.05) is 6.42 Å². The molecular weight excluding hydrogens is 490 g/mol. The van der Waals surface area contributed by atoms with Gasteiger partial charge in [-0.25, -0.2) is 0 Å². The van der Waals surface area contributed by atoms with Crippen LogP contribution in [0.1, 0.15) is 66.0 Å². The molecule has 2 aromatic carbocycles. The first kappa shape index (κ1) is 25.0. The van der Waals surface area contributed by atoms with E-state index >= 15 is 0 Å². The van der Waals surface area contributed by atoms with Gasteiger partial charge in [0.2, 0.25) is 10.9 Å². The summed E-state index contributed by atoms with van der Waals surface area (Å²) in [6, 6.07) is 10.1. The summed E-state index contributed by atoms with van der Waals surface area (Å²) in [6.07, 6.45) is 0.745. The van der Waals surface area contributed by atoms with Crippen LogP contribution in [-0.2, 0) is 6.42 Å². The number of aromatic nitrogens is 2. The van der Waals surface area contributed by atoms with Crippen LogP contribution >= 0.6 is 11.3 Å². The van der Waals surface area contributed by atoms with E-state index in [1.165, 1.54) is 16.2 Å². The summed E-state index contributed by atoms with van der Waals surface area (Å²) in [4.78, 5) is 29.2. The van der Waals surface area contributed by atoms with Gasteiger partial charge in [-0.2, -0.15) is 0 Å². The molecule has 0 N–H and O–H groups in total. The van der Waals surface area contributed by atoms with Gasteiger partial charge >= 0.3 is 0 Å². The quantitative estimate of drug-likeness (QED) is 0.295. The third kappa shape index (κ3) is 4.48. The molecule has 1 atom stereocenters. The zero-order valence-corrected chi connectivity index (χ0v) is 22.3. The van der Waals surface area contributed by atoms with Crippen LogP contribution in [0.3, 0.4) is 0 Å². The van der Waals surface area contributed by atoms with Crippen LogP contribution in [0, 0.1) is 12.8 Å². The normalized spacial score (nSPS) is 15.0. The minimum absolute atomic E-state index is 0.0267. The summed E-state index contributed by atoms with van der Waals surface area (Å²) in [6.45, 7) is 10.8. The van der Waals surface area contributed by atoms with Crippen molar-refractivity contribution in [3.63, 3.8) is 0 Å². The maximum absolute atomic E-state index is 13.9. The molecule has 0 fully saturated rings. The predicted molar refractivity (Wildman–Crippen MR) is 143 cm³/mol. The van der Waals surface area contributed by atoms with Gasteiger partial charge in [-0.3, -0.25) is 14.5 Å². The Labute approximate surface area is 218 Å². The molecular formula is C28H29N3O5S. The minimum Gasteiger partial charge on any atom is -0.490 e. The fourth-order valence-electron chi connectivity index (χ4n) is 4.61.